The minimum absolute atomic E-state index is 0.0983. The van der Waals surface area contributed by atoms with E-state index in [9.17, 15) is 9.59 Å². The van der Waals surface area contributed by atoms with Gasteiger partial charge in [0.2, 0.25) is 11.8 Å². The van der Waals surface area contributed by atoms with Crippen LogP contribution >= 0.6 is 11.8 Å². The monoisotopic (exact) mass is 344 g/mol. The number of benzene rings is 1. The van der Waals surface area contributed by atoms with Crippen LogP contribution in [0.1, 0.15) is 24.5 Å². The highest BCUT2D eigenvalue weighted by Crippen LogP contribution is 2.19. The Balaban J connectivity index is 1.87. The molecule has 0 unspecified atom stereocenters. The number of aryl methyl sites for hydroxylation is 2. The third-order valence-electron chi connectivity index (χ3n) is 3.25. The summed E-state index contributed by atoms with van der Waals surface area (Å²) >= 11 is 1.29. The van der Waals surface area contributed by atoms with Gasteiger partial charge in [0.05, 0.1) is 5.75 Å². The average Bonchev–Trinajstić information content (AvgIpc) is 2.57. The summed E-state index contributed by atoms with van der Waals surface area (Å²) in [4.78, 5) is 23.3. The lowest BCUT2D eigenvalue weighted by atomic mass is 10.1. The van der Waals surface area contributed by atoms with Gasteiger partial charge >= 0.3 is 0 Å². The fourth-order valence-electron chi connectivity index (χ4n) is 1.89. The number of nitrogens with zero attached hydrogens (tertiary/aromatic N) is 2. The Kier molecular flexibility index (Phi) is 6.31. The minimum Gasteiger partial charge on any atom is -0.325 e. The summed E-state index contributed by atoms with van der Waals surface area (Å²) in [5, 5.41) is 14.1. The van der Waals surface area contributed by atoms with Crippen LogP contribution in [0.5, 0.6) is 0 Å². The van der Waals surface area contributed by atoms with E-state index in [2.05, 4.69) is 20.8 Å². The largest absolute Gasteiger partial charge is 0.325 e. The van der Waals surface area contributed by atoms with Crippen LogP contribution < -0.4 is 10.6 Å². The fraction of sp³-hybridized carbons (Fsp3) is 0.294. The topological polar surface area (TPSA) is 84.0 Å². The lowest BCUT2D eigenvalue weighted by Gasteiger charge is -2.09. The van der Waals surface area contributed by atoms with Crippen molar-refractivity contribution >= 4 is 35.1 Å². The lowest BCUT2D eigenvalue weighted by molar-refractivity contribution is -0.116. The Morgan fingerprint density at radius 1 is 1.04 bits per heavy atom. The van der Waals surface area contributed by atoms with Gasteiger partial charge < -0.3 is 10.6 Å². The first kappa shape index (κ1) is 17.9. The van der Waals surface area contributed by atoms with E-state index in [0.29, 0.717) is 17.3 Å². The van der Waals surface area contributed by atoms with Crippen molar-refractivity contribution in [2.45, 2.75) is 32.2 Å². The van der Waals surface area contributed by atoms with Gasteiger partial charge in [-0.25, -0.2) is 0 Å². The summed E-state index contributed by atoms with van der Waals surface area (Å²) in [6.07, 6.45) is 0.386. The normalized spacial score (nSPS) is 10.3. The highest BCUT2D eigenvalue weighted by molar-refractivity contribution is 7.99. The van der Waals surface area contributed by atoms with E-state index >= 15 is 0 Å². The lowest BCUT2D eigenvalue weighted by Crippen LogP contribution is -2.15. The number of hydrogen-bond acceptors (Lipinski definition) is 5. The molecule has 0 aliphatic rings. The fourth-order valence-corrected chi connectivity index (χ4v) is 2.51. The zero-order valence-corrected chi connectivity index (χ0v) is 14.7. The predicted molar refractivity (Wildman–Crippen MR) is 96.2 cm³/mol. The second-order valence-electron chi connectivity index (χ2n) is 5.31. The number of hydrogen-bond donors (Lipinski definition) is 2. The van der Waals surface area contributed by atoms with E-state index in [4.69, 9.17) is 0 Å². The van der Waals surface area contributed by atoms with Crippen LogP contribution in [0.3, 0.4) is 0 Å². The summed E-state index contributed by atoms with van der Waals surface area (Å²) in [5.74, 6) is 0.436. The SMILES string of the molecule is CCC(=O)Nc1ccc(SCC(=O)Nc2cc(C)ccc2C)nn1. The van der Waals surface area contributed by atoms with E-state index in [1.165, 1.54) is 11.8 Å². The molecule has 0 saturated carbocycles. The van der Waals surface area contributed by atoms with E-state index in [1.54, 1.807) is 19.1 Å². The summed E-state index contributed by atoms with van der Waals surface area (Å²) in [5.41, 5.74) is 2.94. The van der Waals surface area contributed by atoms with Gasteiger partial charge in [0.25, 0.3) is 0 Å². The number of carbonyl (C=O) groups excluding carboxylic acids is 2. The number of anilines is 2. The van der Waals surface area contributed by atoms with Crippen LogP contribution in [0.15, 0.2) is 35.4 Å². The van der Waals surface area contributed by atoms with Gasteiger partial charge in [-0.05, 0) is 43.2 Å². The molecule has 0 spiro atoms. The van der Waals surface area contributed by atoms with E-state index in [0.717, 1.165) is 16.8 Å². The molecule has 1 aromatic heterocycles. The second kappa shape index (κ2) is 8.44. The molecule has 6 nitrogen and oxygen atoms in total. The van der Waals surface area contributed by atoms with E-state index in [1.807, 2.05) is 32.0 Å². The molecule has 0 atom stereocenters. The second-order valence-corrected chi connectivity index (χ2v) is 6.31. The molecule has 1 heterocycles. The maximum atomic E-state index is 12.1. The number of rotatable bonds is 6. The first-order valence-electron chi connectivity index (χ1n) is 7.61. The van der Waals surface area contributed by atoms with Crippen molar-refractivity contribution < 1.29 is 9.59 Å². The number of aromatic nitrogens is 2. The molecule has 2 rings (SSSR count). The van der Waals surface area contributed by atoms with Crippen LogP contribution in [0.4, 0.5) is 11.5 Å². The molecule has 2 aromatic rings. The molecule has 126 valence electrons. The van der Waals surface area contributed by atoms with Crippen molar-refractivity contribution in [1.29, 1.82) is 0 Å². The third kappa shape index (κ3) is 5.34. The zero-order chi connectivity index (χ0) is 17.5. The van der Waals surface area contributed by atoms with Gasteiger partial charge in [0.1, 0.15) is 5.03 Å². The van der Waals surface area contributed by atoms with Gasteiger partial charge in [-0.3, -0.25) is 9.59 Å². The van der Waals surface area contributed by atoms with Crippen molar-refractivity contribution in [3.05, 3.63) is 41.5 Å². The molecular weight excluding hydrogens is 324 g/mol. The molecular formula is C17H20N4O2S. The summed E-state index contributed by atoms with van der Waals surface area (Å²) in [6.45, 7) is 5.71. The van der Waals surface area contributed by atoms with Crippen LogP contribution in [-0.2, 0) is 9.59 Å². The smallest absolute Gasteiger partial charge is 0.234 e. The van der Waals surface area contributed by atoms with Gasteiger partial charge in [0.15, 0.2) is 5.82 Å². The molecule has 1 aromatic carbocycles. The quantitative estimate of drug-likeness (QED) is 0.786. The molecule has 0 fully saturated rings. The minimum atomic E-state index is -0.113. The Labute approximate surface area is 145 Å². The Bertz CT molecular complexity index is 732. The number of amides is 2. The van der Waals surface area contributed by atoms with E-state index < -0.39 is 0 Å². The van der Waals surface area contributed by atoms with E-state index in [-0.39, 0.29) is 17.6 Å². The van der Waals surface area contributed by atoms with Gasteiger partial charge in [-0.15, -0.1) is 10.2 Å². The maximum Gasteiger partial charge on any atom is 0.234 e. The van der Waals surface area contributed by atoms with Crippen molar-refractivity contribution in [3.8, 4) is 0 Å². The summed E-state index contributed by atoms with van der Waals surface area (Å²) in [7, 11) is 0. The van der Waals surface area contributed by atoms with Crippen molar-refractivity contribution in [2.24, 2.45) is 0 Å². The highest BCUT2D eigenvalue weighted by Gasteiger charge is 2.08. The molecule has 2 amide bonds. The first-order chi connectivity index (χ1) is 11.5. The number of carbonyl (C=O) groups is 2. The van der Waals surface area contributed by atoms with Crippen molar-refractivity contribution in [3.63, 3.8) is 0 Å². The van der Waals surface area contributed by atoms with Gasteiger partial charge in [0, 0.05) is 12.1 Å². The van der Waals surface area contributed by atoms with Crippen LogP contribution in [-0.4, -0.2) is 27.8 Å². The molecule has 0 bridgehead atoms. The van der Waals surface area contributed by atoms with Crippen LogP contribution in [0.2, 0.25) is 0 Å². The molecule has 0 aliphatic heterocycles. The van der Waals surface area contributed by atoms with Gasteiger partial charge in [-0.2, -0.15) is 0 Å². The summed E-state index contributed by atoms with van der Waals surface area (Å²) in [6, 6.07) is 9.34. The van der Waals surface area contributed by atoms with Gasteiger partial charge in [-0.1, -0.05) is 30.8 Å². The molecule has 0 saturated heterocycles. The maximum absolute atomic E-state index is 12.1. The molecule has 0 aliphatic carbocycles. The van der Waals surface area contributed by atoms with Crippen molar-refractivity contribution in [2.75, 3.05) is 16.4 Å². The Hall–Kier alpha value is -2.41. The third-order valence-corrected chi connectivity index (χ3v) is 4.17. The van der Waals surface area contributed by atoms with Crippen molar-refractivity contribution in [1.82, 2.24) is 10.2 Å². The number of nitrogens with one attached hydrogen (secondary N) is 2. The first-order valence-corrected chi connectivity index (χ1v) is 8.60. The summed E-state index contributed by atoms with van der Waals surface area (Å²) < 4.78 is 0. The highest BCUT2D eigenvalue weighted by atomic mass is 32.2. The zero-order valence-electron chi connectivity index (χ0n) is 13.9. The molecule has 0 radical (unpaired) electrons. The molecule has 7 heteroatoms. The Morgan fingerprint density at radius 3 is 2.50 bits per heavy atom. The molecule has 2 N–H and O–H groups in total. The molecule has 24 heavy (non-hydrogen) atoms. The standard InChI is InChI=1S/C17H20N4O2S/c1-4-15(22)19-14-7-8-17(21-20-14)24-10-16(23)18-13-9-11(2)5-6-12(13)3/h5-9H,4,10H2,1-3H3,(H,18,23)(H,19,20,22). The predicted octanol–water partition coefficient (Wildman–Crippen LogP) is 3.17. The van der Waals surface area contributed by atoms with Crippen LogP contribution in [0.25, 0.3) is 0 Å². The average molecular weight is 344 g/mol. The van der Waals surface area contributed by atoms with Crippen LogP contribution in [0, 0.1) is 13.8 Å². The number of thioether (sulfide) groups is 1. The Morgan fingerprint density at radius 2 is 1.83 bits per heavy atom.